The van der Waals surface area contributed by atoms with E-state index >= 15 is 0 Å². The largest absolute Gasteiger partial charge is 0.494 e. The lowest BCUT2D eigenvalue weighted by molar-refractivity contribution is 0.0734. The van der Waals surface area contributed by atoms with E-state index in [2.05, 4.69) is 19.9 Å². The minimum atomic E-state index is -0.514. The minimum Gasteiger partial charge on any atom is -0.494 e. The van der Waals surface area contributed by atoms with Crippen LogP contribution in [0.5, 0.6) is 28.7 Å². The highest BCUT2D eigenvalue weighted by Crippen LogP contribution is 2.45. The number of rotatable bonds is 13. The van der Waals surface area contributed by atoms with Crippen LogP contribution in [0, 0.1) is 11.3 Å². The van der Waals surface area contributed by atoms with Crippen LogP contribution in [-0.4, -0.2) is 26.3 Å². The Morgan fingerprint density at radius 1 is 0.902 bits per heavy atom. The van der Waals surface area contributed by atoms with Gasteiger partial charge in [0, 0.05) is 11.6 Å². The molecule has 0 saturated carbocycles. The number of nitrogens with zero attached hydrogens (tertiary/aromatic N) is 1. The molecule has 0 amide bonds. The summed E-state index contributed by atoms with van der Waals surface area (Å²) in [7, 11) is 1.58. The summed E-state index contributed by atoms with van der Waals surface area (Å²) >= 11 is 0. The molecule has 0 saturated heterocycles. The van der Waals surface area contributed by atoms with E-state index in [1.165, 1.54) is 0 Å². The van der Waals surface area contributed by atoms with Crippen molar-refractivity contribution < 1.29 is 28.5 Å². The van der Waals surface area contributed by atoms with E-state index in [0.29, 0.717) is 47.3 Å². The van der Waals surface area contributed by atoms with Crippen molar-refractivity contribution in [3.05, 3.63) is 88.8 Å². The Morgan fingerprint density at radius 3 is 2.34 bits per heavy atom. The third-order valence-corrected chi connectivity index (χ3v) is 6.78. The predicted molar refractivity (Wildman–Crippen MR) is 156 cm³/mol. The van der Waals surface area contributed by atoms with Crippen LogP contribution in [0.15, 0.2) is 72.1 Å². The quantitative estimate of drug-likeness (QED) is 0.138. The number of nitrogens with two attached hydrogens (primary N) is 1. The number of hydrogen-bond acceptors (Lipinski definition) is 8. The zero-order valence-corrected chi connectivity index (χ0v) is 23.8. The summed E-state index contributed by atoms with van der Waals surface area (Å²) in [5.74, 6) is 1.56. The molecular weight excluding hydrogens is 520 g/mol. The van der Waals surface area contributed by atoms with Gasteiger partial charge in [0.25, 0.3) is 0 Å². The number of carbonyl (C=O) groups is 1. The van der Waals surface area contributed by atoms with Crippen molar-refractivity contribution in [1.29, 1.82) is 5.26 Å². The summed E-state index contributed by atoms with van der Waals surface area (Å²) in [6.45, 7) is 5.47. The lowest BCUT2D eigenvalue weighted by Gasteiger charge is -2.27. The first-order chi connectivity index (χ1) is 20.0. The van der Waals surface area contributed by atoms with Crippen molar-refractivity contribution in [3.63, 3.8) is 0 Å². The summed E-state index contributed by atoms with van der Waals surface area (Å²) in [5, 5.41) is 9.93. The monoisotopic (exact) mass is 556 g/mol. The van der Waals surface area contributed by atoms with Crippen molar-refractivity contribution in [2.75, 3.05) is 20.3 Å². The number of allylic oxidation sites excluding steroid dienone is 1. The van der Waals surface area contributed by atoms with E-state index in [9.17, 15) is 10.1 Å². The van der Waals surface area contributed by atoms with Crippen molar-refractivity contribution >= 4 is 5.97 Å². The molecule has 214 valence electrons. The van der Waals surface area contributed by atoms with Crippen LogP contribution in [0.1, 0.15) is 73.4 Å². The van der Waals surface area contributed by atoms with Gasteiger partial charge in [0.05, 0.1) is 31.8 Å². The molecule has 41 heavy (non-hydrogen) atoms. The van der Waals surface area contributed by atoms with E-state index in [1.54, 1.807) is 49.6 Å². The fraction of sp³-hybridized carbons (Fsp3) is 0.333. The molecule has 1 aliphatic heterocycles. The molecule has 1 aliphatic rings. The van der Waals surface area contributed by atoms with Crippen LogP contribution in [0.25, 0.3) is 0 Å². The highest BCUT2D eigenvalue weighted by molar-refractivity contribution is 5.91. The van der Waals surface area contributed by atoms with Gasteiger partial charge in [-0.2, -0.15) is 5.26 Å². The van der Waals surface area contributed by atoms with Gasteiger partial charge >= 0.3 is 5.97 Å². The number of ether oxygens (including phenoxy) is 5. The molecule has 3 aromatic carbocycles. The second kappa shape index (κ2) is 14.1. The molecule has 0 spiro atoms. The Balaban J connectivity index is 1.54. The fourth-order valence-corrected chi connectivity index (χ4v) is 4.55. The molecule has 8 heteroatoms. The first kappa shape index (κ1) is 29.3. The second-order valence-corrected chi connectivity index (χ2v) is 9.71. The highest BCUT2D eigenvalue weighted by Gasteiger charge is 2.32. The maximum Gasteiger partial charge on any atom is 0.343 e. The maximum absolute atomic E-state index is 12.8. The van der Waals surface area contributed by atoms with Gasteiger partial charge in [0.15, 0.2) is 11.5 Å². The summed E-state index contributed by atoms with van der Waals surface area (Å²) in [6.07, 6.45) is 5.18. The topological polar surface area (TPSA) is 113 Å². The average Bonchev–Trinajstić information content (AvgIpc) is 2.99. The molecule has 1 heterocycles. The Bertz CT molecular complexity index is 1420. The summed E-state index contributed by atoms with van der Waals surface area (Å²) < 4.78 is 28.6. The SMILES string of the molecule is CCCCCOc1ccc(C(=O)Oc2ccc3c(c2)OC(N)=C(C#N)C3c2ccc(OCCCC)c(OC)c2)cc1. The summed E-state index contributed by atoms with van der Waals surface area (Å²) in [5.41, 5.74) is 8.35. The molecule has 1 atom stereocenters. The van der Waals surface area contributed by atoms with Crippen molar-refractivity contribution in [2.24, 2.45) is 5.73 Å². The summed E-state index contributed by atoms with van der Waals surface area (Å²) in [4.78, 5) is 12.8. The Morgan fingerprint density at radius 2 is 1.63 bits per heavy atom. The summed E-state index contributed by atoms with van der Waals surface area (Å²) in [6, 6.07) is 19.7. The van der Waals surface area contributed by atoms with Crippen LogP contribution in [0.4, 0.5) is 0 Å². The van der Waals surface area contributed by atoms with Gasteiger partial charge in [-0.05, 0) is 60.9 Å². The van der Waals surface area contributed by atoms with Gasteiger partial charge in [-0.15, -0.1) is 0 Å². The average molecular weight is 557 g/mol. The Hall–Kier alpha value is -4.64. The number of nitriles is 1. The van der Waals surface area contributed by atoms with Gasteiger partial charge in [0.1, 0.15) is 28.9 Å². The van der Waals surface area contributed by atoms with Crippen LogP contribution in [-0.2, 0) is 0 Å². The first-order valence-electron chi connectivity index (χ1n) is 14.0. The van der Waals surface area contributed by atoms with Crippen molar-refractivity contribution in [1.82, 2.24) is 0 Å². The van der Waals surface area contributed by atoms with E-state index in [1.807, 2.05) is 18.2 Å². The van der Waals surface area contributed by atoms with Crippen LogP contribution >= 0.6 is 0 Å². The third kappa shape index (κ3) is 7.12. The van der Waals surface area contributed by atoms with E-state index in [-0.39, 0.29) is 17.2 Å². The number of methoxy groups -OCH3 is 1. The van der Waals surface area contributed by atoms with Gasteiger partial charge < -0.3 is 29.4 Å². The number of unbranched alkanes of at least 4 members (excludes halogenated alkanes) is 3. The van der Waals surface area contributed by atoms with E-state index < -0.39 is 11.9 Å². The van der Waals surface area contributed by atoms with Crippen LogP contribution in [0.2, 0.25) is 0 Å². The number of esters is 1. The molecule has 0 radical (unpaired) electrons. The highest BCUT2D eigenvalue weighted by atomic mass is 16.5. The van der Waals surface area contributed by atoms with Gasteiger partial charge in [-0.3, -0.25) is 0 Å². The molecule has 2 N–H and O–H groups in total. The number of carbonyl (C=O) groups excluding carboxylic acids is 1. The smallest absolute Gasteiger partial charge is 0.343 e. The second-order valence-electron chi connectivity index (χ2n) is 9.71. The van der Waals surface area contributed by atoms with Gasteiger partial charge in [-0.1, -0.05) is 45.2 Å². The first-order valence-corrected chi connectivity index (χ1v) is 14.0. The molecule has 3 aromatic rings. The van der Waals surface area contributed by atoms with Gasteiger partial charge in [-0.25, -0.2) is 4.79 Å². The minimum absolute atomic E-state index is 0.00904. The van der Waals surface area contributed by atoms with E-state index in [4.69, 9.17) is 29.4 Å². The van der Waals surface area contributed by atoms with E-state index in [0.717, 1.165) is 37.7 Å². The fourth-order valence-electron chi connectivity index (χ4n) is 4.55. The predicted octanol–water partition coefficient (Wildman–Crippen LogP) is 6.88. The Kier molecular flexibility index (Phi) is 10.1. The Labute approximate surface area is 241 Å². The zero-order chi connectivity index (χ0) is 29.2. The standard InChI is InChI=1S/C33H36N2O6/c1-4-6-8-18-38-24-12-9-22(10-13-24)33(36)40-25-14-15-26-29(20-25)41-32(35)27(21-34)31(26)23-11-16-28(30(19-23)37-3)39-17-7-5-2/h9-16,19-20,31H,4-8,17-18,35H2,1-3H3. The number of hydrogen-bond donors (Lipinski definition) is 1. The maximum atomic E-state index is 12.8. The molecule has 0 bridgehead atoms. The molecular formula is C33H36N2O6. The van der Waals surface area contributed by atoms with Crippen molar-refractivity contribution in [2.45, 2.75) is 51.9 Å². The molecule has 4 rings (SSSR count). The lowest BCUT2D eigenvalue weighted by atomic mass is 9.83. The van der Waals surface area contributed by atoms with Crippen LogP contribution in [0.3, 0.4) is 0 Å². The van der Waals surface area contributed by atoms with Crippen LogP contribution < -0.4 is 29.4 Å². The van der Waals surface area contributed by atoms with Crippen molar-refractivity contribution in [3.8, 4) is 34.8 Å². The molecule has 1 unspecified atom stereocenters. The normalized spacial score (nSPS) is 14.0. The number of benzene rings is 3. The molecule has 0 aliphatic carbocycles. The lowest BCUT2D eigenvalue weighted by Crippen LogP contribution is -2.21. The molecule has 0 fully saturated rings. The third-order valence-electron chi connectivity index (χ3n) is 6.78. The number of fused-ring (bicyclic) bond motifs is 1. The molecule has 8 nitrogen and oxygen atoms in total. The van der Waals surface area contributed by atoms with Gasteiger partial charge in [0.2, 0.25) is 5.88 Å². The zero-order valence-electron chi connectivity index (χ0n) is 23.8. The molecule has 0 aromatic heterocycles.